The molecule has 5 nitrogen and oxygen atoms in total. The van der Waals surface area contributed by atoms with Crippen LogP contribution in [0.25, 0.3) is 0 Å². The van der Waals surface area contributed by atoms with E-state index in [9.17, 15) is 14.7 Å². The van der Waals surface area contributed by atoms with Crippen molar-refractivity contribution in [2.75, 3.05) is 7.11 Å². The normalized spacial score (nSPS) is 30.0. The van der Waals surface area contributed by atoms with Gasteiger partial charge < -0.3 is 14.6 Å². The Balaban J connectivity index is 2.76. The number of carbonyl (C=O) groups excluding carboxylic acids is 2. The Morgan fingerprint density at radius 2 is 2.00 bits per heavy atom. The number of ketones is 1. The lowest BCUT2D eigenvalue weighted by atomic mass is 9.81. The molecule has 0 unspecified atom stereocenters. The Hall–Kier alpha value is -0.940. The predicted octanol–water partition coefficient (Wildman–Crippen LogP) is 2.88. The van der Waals surface area contributed by atoms with E-state index in [-0.39, 0.29) is 30.1 Å². The average Bonchev–Trinajstić information content (AvgIpc) is 2.88. The third-order valence-corrected chi connectivity index (χ3v) is 5.09. The van der Waals surface area contributed by atoms with Crippen molar-refractivity contribution in [3.8, 4) is 0 Å². The zero-order chi connectivity index (χ0) is 17.6. The van der Waals surface area contributed by atoms with Gasteiger partial charge >= 0.3 is 5.97 Å². The molecule has 0 aromatic carbocycles. The van der Waals surface area contributed by atoms with Crippen LogP contribution in [-0.2, 0) is 19.1 Å². The van der Waals surface area contributed by atoms with Crippen LogP contribution in [0.15, 0.2) is 0 Å². The number of carbonyl (C=O) groups is 2. The van der Waals surface area contributed by atoms with Crippen LogP contribution < -0.4 is 0 Å². The maximum absolute atomic E-state index is 12.1. The molecule has 0 spiro atoms. The average molecular weight is 328 g/mol. The first-order valence-electron chi connectivity index (χ1n) is 8.75. The molecule has 0 aromatic heterocycles. The fourth-order valence-corrected chi connectivity index (χ4v) is 3.66. The Bertz CT molecular complexity index is 408. The van der Waals surface area contributed by atoms with Gasteiger partial charge in [-0.1, -0.05) is 33.6 Å². The molecule has 1 heterocycles. The van der Waals surface area contributed by atoms with Crippen molar-refractivity contribution in [1.29, 1.82) is 0 Å². The van der Waals surface area contributed by atoms with Crippen LogP contribution in [0.2, 0.25) is 0 Å². The van der Waals surface area contributed by atoms with Gasteiger partial charge in [0.1, 0.15) is 6.10 Å². The minimum absolute atomic E-state index is 0.000385. The fraction of sp³-hybridized carbons (Fsp3) is 0.889. The smallest absolute Gasteiger partial charge is 0.308 e. The summed E-state index contributed by atoms with van der Waals surface area (Å²) in [6, 6.07) is 0. The molecular formula is C18H32O5. The molecule has 0 radical (unpaired) electrons. The van der Waals surface area contributed by atoms with Gasteiger partial charge in [-0.3, -0.25) is 9.59 Å². The third kappa shape index (κ3) is 5.28. The largest absolute Gasteiger partial charge is 0.469 e. The number of esters is 1. The van der Waals surface area contributed by atoms with Gasteiger partial charge in [-0.15, -0.1) is 0 Å². The summed E-state index contributed by atoms with van der Waals surface area (Å²) in [7, 11) is 1.32. The van der Waals surface area contributed by atoms with Crippen LogP contribution in [0.1, 0.15) is 66.2 Å². The van der Waals surface area contributed by atoms with E-state index in [1.54, 1.807) is 0 Å². The molecule has 5 heteroatoms. The van der Waals surface area contributed by atoms with Crippen molar-refractivity contribution in [3.05, 3.63) is 0 Å². The second-order valence-corrected chi connectivity index (χ2v) is 6.90. The molecule has 23 heavy (non-hydrogen) atoms. The third-order valence-electron chi connectivity index (χ3n) is 5.09. The highest BCUT2D eigenvalue weighted by atomic mass is 16.5. The molecule has 1 aliphatic rings. The molecule has 0 bridgehead atoms. The van der Waals surface area contributed by atoms with Crippen molar-refractivity contribution < 1.29 is 24.2 Å². The second-order valence-electron chi connectivity index (χ2n) is 6.90. The van der Waals surface area contributed by atoms with E-state index >= 15 is 0 Å². The summed E-state index contributed by atoms with van der Waals surface area (Å²) in [5, 5.41) is 10.3. The van der Waals surface area contributed by atoms with Gasteiger partial charge in [0.2, 0.25) is 0 Å². The summed E-state index contributed by atoms with van der Waals surface area (Å²) < 4.78 is 10.8. The lowest BCUT2D eigenvalue weighted by molar-refractivity contribution is -0.144. The number of methoxy groups -OCH3 is 1. The standard InChI is InChI=1S/C18H32O5/c1-6-12(15(20)9-16(21)22-5)10-18(4)11-13(7-2)17(23-18)14(19)8-3/h12-13,15,17,20H,6-11H2,1-5H3/t12-,13-,15-,17-,18-/m1/s1. The van der Waals surface area contributed by atoms with Crippen LogP contribution in [0, 0.1) is 11.8 Å². The summed E-state index contributed by atoms with van der Waals surface area (Å²) in [5.74, 6) is -0.0579. The molecular weight excluding hydrogens is 296 g/mol. The molecule has 5 atom stereocenters. The van der Waals surface area contributed by atoms with Crippen molar-refractivity contribution in [2.45, 2.75) is 84.0 Å². The molecule has 0 saturated carbocycles. The maximum atomic E-state index is 12.1. The van der Waals surface area contributed by atoms with Gasteiger partial charge in [-0.25, -0.2) is 0 Å². The van der Waals surface area contributed by atoms with E-state index in [1.165, 1.54) is 7.11 Å². The summed E-state index contributed by atoms with van der Waals surface area (Å²) in [6.07, 6.45) is 2.54. The van der Waals surface area contributed by atoms with E-state index in [2.05, 4.69) is 11.7 Å². The molecule has 0 amide bonds. The second kappa shape index (κ2) is 8.78. The topological polar surface area (TPSA) is 72.8 Å². The van der Waals surface area contributed by atoms with Crippen LogP contribution in [0.4, 0.5) is 0 Å². The lowest BCUT2D eigenvalue weighted by Gasteiger charge is -2.31. The van der Waals surface area contributed by atoms with Gasteiger partial charge in [-0.2, -0.15) is 0 Å². The Morgan fingerprint density at radius 1 is 1.35 bits per heavy atom. The van der Waals surface area contributed by atoms with E-state index < -0.39 is 17.7 Å². The van der Waals surface area contributed by atoms with Gasteiger partial charge in [0.25, 0.3) is 0 Å². The predicted molar refractivity (Wildman–Crippen MR) is 88.0 cm³/mol. The number of hydrogen-bond acceptors (Lipinski definition) is 5. The Labute approximate surface area is 139 Å². The zero-order valence-corrected chi connectivity index (χ0v) is 15.1. The molecule has 1 fully saturated rings. The van der Waals surface area contributed by atoms with E-state index in [0.717, 1.165) is 19.3 Å². The van der Waals surface area contributed by atoms with Gasteiger partial charge in [0, 0.05) is 6.42 Å². The zero-order valence-electron chi connectivity index (χ0n) is 15.1. The van der Waals surface area contributed by atoms with Crippen LogP contribution >= 0.6 is 0 Å². The van der Waals surface area contributed by atoms with Crippen molar-refractivity contribution >= 4 is 11.8 Å². The first kappa shape index (κ1) is 20.1. The monoisotopic (exact) mass is 328 g/mol. The van der Waals surface area contributed by atoms with Gasteiger partial charge in [0.05, 0.1) is 25.2 Å². The molecule has 0 aliphatic carbocycles. The van der Waals surface area contributed by atoms with Crippen molar-refractivity contribution in [1.82, 2.24) is 0 Å². The quantitative estimate of drug-likeness (QED) is 0.659. The minimum atomic E-state index is -0.742. The van der Waals surface area contributed by atoms with E-state index in [1.807, 2.05) is 20.8 Å². The van der Waals surface area contributed by atoms with E-state index in [4.69, 9.17) is 4.74 Å². The molecule has 1 N–H and O–H groups in total. The molecule has 134 valence electrons. The molecule has 1 saturated heterocycles. The van der Waals surface area contributed by atoms with Gasteiger partial charge in [0.15, 0.2) is 5.78 Å². The number of aliphatic hydroxyl groups is 1. The number of ether oxygens (including phenoxy) is 2. The summed E-state index contributed by atoms with van der Waals surface area (Å²) in [4.78, 5) is 23.5. The first-order chi connectivity index (χ1) is 10.8. The van der Waals surface area contributed by atoms with Crippen molar-refractivity contribution in [2.24, 2.45) is 11.8 Å². The summed E-state index contributed by atoms with van der Waals surface area (Å²) in [6.45, 7) is 7.96. The number of Topliss-reactive ketones (excluding diaryl/α,β-unsaturated/α-hetero) is 1. The number of rotatable bonds is 9. The van der Waals surface area contributed by atoms with E-state index in [0.29, 0.717) is 12.8 Å². The SMILES string of the molecule is CCC(=O)[C@@H]1O[C@](C)(C[C@@H](CC)[C@H](O)CC(=O)OC)C[C@H]1CC. The highest BCUT2D eigenvalue weighted by molar-refractivity contribution is 5.83. The van der Waals surface area contributed by atoms with Gasteiger partial charge in [-0.05, 0) is 31.6 Å². The number of aliphatic hydroxyl groups excluding tert-OH is 1. The van der Waals surface area contributed by atoms with Crippen LogP contribution in [0.5, 0.6) is 0 Å². The van der Waals surface area contributed by atoms with Crippen LogP contribution in [0.3, 0.4) is 0 Å². The minimum Gasteiger partial charge on any atom is -0.469 e. The van der Waals surface area contributed by atoms with Crippen LogP contribution in [-0.4, -0.2) is 41.8 Å². The molecule has 1 aliphatic heterocycles. The van der Waals surface area contributed by atoms with Crippen molar-refractivity contribution in [3.63, 3.8) is 0 Å². The first-order valence-corrected chi connectivity index (χ1v) is 8.75. The molecule has 1 rings (SSSR count). The highest BCUT2D eigenvalue weighted by Crippen LogP contribution is 2.42. The molecule has 0 aromatic rings. The fourth-order valence-electron chi connectivity index (χ4n) is 3.66. The summed E-state index contributed by atoms with van der Waals surface area (Å²) >= 11 is 0. The highest BCUT2D eigenvalue weighted by Gasteiger charge is 2.46. The maximum Gasteiger partial charge on any atom is 0.308 e. The Kier molecular flexibility index (Phi) is 7.68. The Morgan fingerprint density at radius 3 is 2.48 bits per heavy atom. The lowest BCUT2D eigenvalue weighted by Crippen LogP contribution is -2.35. The number of hydrogen-bond donors (Lipinski definition) is 1. The summed E-state index contributed by atoms with van der Waals surface area (Å²) in [5.41, 5.74) is -0.423.